The van der Waals surface area contributed by atoms with E-state index < -0.39 is 0 Å². The summed E-state index contributed by atoms with van der Waals surface area (Å²) in [6.07, 6.45) is 0.890. The smallest absolute Gasteiger partial charge is 0.277 e. The van der Waals surface area contributed by atoms with Gasteiger partial charge in [0.05, 0.1) is 5.39 Å². The number of fused-ring (bicyclic) bond motifs is 2. The van der Waals surface area contributed by atoms with Crippen LogP contribution in [0.1, 0.15) is 6.42 Å². The minimum Gasteiger partial charge on any atom is -0.368 e. The predicted molar refractivity (Wildman–Crippen MR) is 128 cm³/mol. The lowest BCUT2D eigenvalue weighted by Crippen LogP contribution is -2.46. The minimum atomic E-state index is -0.0543. The molecule has 2 heterocycles. The zero-order chi connectivity index (χ0) is 20.3. The van der Waals surface area contributed by atoms with Crippen molar-refractivity contribution in [2.75, 3.05) is 37.6 Å². The molecule has 7 heteroatoms. The maximum Gasteiger partial charge on any atom is 0.277 e. The van der Waals surface area contributed by atoms with Crippen LogP contribution < -0.4 is 10.5 Å². The van der Waals surface area contributed by atoms with Crippen LogP contribution in [0.4, 0.5) is 5.69 Å². The van der Waals surface area contributed by atoms with E-state index in [4.69, 9.17) is 0 Å². The van der Waals surface area contributed by atoms with Gasteiger partial charge in [0.15, 0.2) is 0 Å². The molecule has 1 fully saturated rings. The fraction of sp³-hybridized carbons (Fsp3) is 0.292. The van der Waals surface area contributed by atoms with Crippen LogP contribution in [-0.4, -0.2) is 52.6 Å². The maximum atomic E-state index is 12.6. The van der Waals surface area contributed by atoms with E-state index in [1.165, 1.54) is 21.1 Å². The molecule has 0 bridgehead atoms. The van der Waals surface area contributed by atoms with Crippen molar-refractivity contribution in [2.45, 2.75) is 13.0 Å². The molecule has 5 rings (SSSR count). The van der Waals surface area contributed by atoms with Crippen LogP contribution in [0.5, 0.6) is 0 Å². The molecule has 0 aliphatic carbocycles. The Morgan fingerprint density at radius 3 is 2.32 bits per heavy atom. The summed E-state index contributed by atoms with van der Waals surface area (Å²) in [4.78, 5) is 17.5. The van der Waals surface area contributed by atoms with Gasteiger partial charge in [-0.25, -0.2) is 4.68 Å². The molecule has 160 valence electrons. The number of nitrogens with zero attached hydrogens (tertiary/aromatic N) is 5. The van der Waals surface area contributed by atoms with E-state index in [1.807, 2.05) is 24.3 Å². The van der Waals surface area contributed by atoms with Crippen LogP contribution in [-0.2, 0) is 6.54 Å². The van der Waals surface area contributed by atoms with Gasteiger partial charge in [0.25, 0.3) is 5.56 Å². The molecule has 0 unspecified atom stereocenters. The molecule has 0 spiro atoms. The third-order valence-electron chi connectivity index (χ3n) is 5.95. The Morgan fingerprint density at radius 1 is 0.774 bits per heavy atom. The van der Waals surface area contributed by atoms with Gasteiger partial charge in [-0.3, -0.25) is 9.69 Å². The lowest BCUT2D eigenvalue weighted by atomic mass is 10.1. The van der Waals surface area contributed by atoms with Crippen molar-refractivity contribution in [1.82, 2.24) is 19.9 Å². The van der Waals surface area contributed by atoms with Gasteiger partial charge in [-0.15, -0.1) is 17.5 Å². The molecule has 1 aliphatic heterocycles. The molecule has 0 radical (unpaired) electrons. The summed E-state index contributed by atoms with van der Waals surface area (Å²) >= 11 is 0. The summed E-state index contributed by atoms with van der Waals surface area (Å²) in [6.45, 7) is 5.65. The normalized spacial score (nSPS) is 14.6. The highest BCUT2D eigenvalue weighted by Gasteiger charge is 2.18. The van der Waals surface area contributed by atoms with Crippen molar-refractivity contribution in [3.05, 3.63) is 77.1 Å². The monoisotopic (exact) mass is 435 g/mol. The van der Waals surface area contributed by atoms with Gasteiger partial charge in [-0.1, -0.05) is 53.7 Å². The first-order valence-corrected chi connectivity index (χ1v) is 10.6. The first kappa shape index (κ1) is 21.3. The van der Waals surface area contributed by atoms with E-state index in [9.17, 15) is 4.79 Å². The van der Waals surface area contributed by atoms with Crippen LogP contribution in [0.25, 0.3) is 21.7 Å². The molecule has 0 saturated carbocycles. The lowest BCUT2D eigenvalue weighted by Gasteiger charge is -2.36. The quantitative estimate of drug-likeness (QED) is 0.479. The number of benzene rings is 3. The van der Waals surface area contributed by atoms with E-state index >= 15 is 0 Å². The second-order valence-electron chi connectivity index (χ2n) is 7.82. The molecule has 1 aromatic heterocycles. The van der Waals surface area contributed by atoms with E-state index in [-0.39, 0.29) is 18.0 Å². The Morgan fingerprint density at radius 2 is 1.48 bits per heavy atom. The Bertz CT molecular complexity index is 1230. The summed E-state index contributed by atoms with van der Waals surface area (Å²) in [6, 6.07) is 22.5. The highest BCUT2D eigenvalue weighted by molar-refractivity contribution is 5.94. The van der Waals surface area contributed by atoms with Crippen molar-refractivity contribution in [2.24, 2.45) is 0 Å². The summed E-state index contributed by atoms with van der Waals surface area (Å²) in [7, 11) is 0. The number of hydrogen-bond acceptors (Lipinski definition) is 5. The molecular formula is C24H26ClN5O. The number of aromatic nitrogens is 3. The van der Waals surface area contributed by atoms with Gasteiger partial charge in [-0.2, -0.15) is 0 Å². The molecule has 4 aromatic rings. The average Bonchev–Trinajstić information content (AvgIpc) is 2.81. The predicted octanol–water partition coefficient (Wildman–Crippen LogP) is 3.58. The number of aryl methyl sites for hydroxylation is 1. The third-order valence-corrected chi connectivity index (χ3v) is 5.95. The van der Waals surface area contributed by atoms with Gasteiger partial charge in [0, 0.05) is 50.3 Å². The number of piperazine rings is 1. The second-order valence-corrected chi connectivity index (χ2v) is 7.82. The molecule has 31 heavy (non-hydrogen) atoms. The maximum absolute atomic E-state index is 12.6. The van der Waals surface area contributed by atoms with Crippen LogP contribution in [0.15, 0.2) is 71.5 Å². The van der Waals surface area contributed by atoms with E-state index in [0.717, 1.165) is 39.1 Å². The summed E-state index contributed by atoms with van der Waals surface area (Å²) in [5, 5.41) is 11.5. The van der Waals surface area contributed by atoms with E-state index in [0.29, 0.717) is 17.4 Å². The van der Waals surface area contributed by atoms with Crippen molar-refractivity contribution in [3.63, 3.8) is 0 Å². The molecule has 1 aliphatic rings. The zero-order valence-corrected chi connectivity index (χ0v) is 18.2. The van der Waals surface area contributed by atoms with Gasteiger partial charge >= 0.3 is 0 Å². The molecule has 0 N–H and O–H groups in total. The Labute approximate surface area is 187 Å². The Balaban J connectivity index is 0.00000231. The van der Waals surface area contributed by atoms with E-state index in [1.54, 1.807) is 0 Å². The second kappa shape index (κ2) is 9.45. The number of hydrogen-bond donors (Lipinski definition) is 0. The fourth-order valence-electron chi connectivity index (χ4n) is 4.31. The number of rotatable bonds is 5. The molecule has 0 amide bonds. The van der Waals surface area contributed by atoms with Crippen molar-refractivity contribution in [1.29, 1.82) is 0 Å². The molecule has 0 atom stereocenters. The van der Waals surface area contributed by atoms with Gasteiger partial charge in [-0.05, 0) is 30.0 Å². The van der Waals surface area contributed by atoms with Crippen LogP contribution >= 0.6 is 12.4 Å². The summed E-state index contributed by atoms with van der Waals surface area (Å²) < 4.78 is 1.49. The molecule has 3 aromatic carbocycles. The largest absolute Gasteiger partial charge is 0.368 e. The highest BCUT2D eigenvalue weighted by atomic mass is 35.5. The van der Waals surface area contributed by atoms with Crippen molar-refractivity contribution < 1.29 is 0 Å². The van der Waals surface area contributed by atoms with Crippen molar-refractivity contribution >= 4 is 39.8 Å². The van der Waals surface area contributed by atoms with Crippen molar-refractivity contribution in [3.8, 4) is 0 Å². The molecule has 1 saturated heterocycles. The Kier molecular flexibility index (Phi) is 6.49. The van der Waals surface area contributed by atoms with Crippen LogP contribution in [0.2, 0.25) is 0 Å². The molecular weight excluding hydrogens is 410 g/mol. The minimum absolute atomic E-state index is 0. The van der Waals surface area contributed by atoms with Crippen LogP contribution in [0.3, 0.4) is 0 Å². The number of anilines is 1. The first-order valence-electron chi connectivity index (χ1n) is 10.6. The lowest BCUT2D eigenvalue weighted by molar-refractivity contribution is 0.248. The topological polar surface area (TPSA) is 54.3 Å². The standard InChI is InChI=1S/C24H25N5O.ClH/c30-24-21-10-3-4-11-22(21)25-26-29(24)14-6-13-27-15-17-28(18-16-27)23-12-5-8-19-7-1-2-9-20(19)23;/h1-5,7-12H,6,13-18H2;1H. The first-order chi connectivity index (χ1) is 14.8. The van der Waals surface area contributed by atoms with Gasteiger partial charge in [0.1, 0.15) is 5.52 Å². The third kappa shape index (κ3) is 4.40. The fourth-order valence-corrected chi connectivity index (χ4v) is 4.31. The highest BCUT2D eigenvalue weighted by Crippen LogP contribution is 2.27. The molecule has 6 nitrogen and oxygen atoms in total. The van der Waals surface area contributed by atoms with Crippen LogP contribution in [0, 0.1) is 0 Å². The number of halogens is 1. The average molecular weight is 436 g/mol. The Hall–Kier alpha value is -2.96. The van der Waals surface area contributed by atoms with Gasteiger partial charge < -0.3 is 4.90 Å². The zero-order valence-electron chi connectivity index (χ0n) is 17.4. The van der Waals surface area contributed by atoms with Gasteiger partial charge in [0.2, 0.25) is 0 Å². The summed E-state index contributed by atoms with van der Waals surface area (Å²) in [5.74, 6) is 0. The van der Waals surface area contributed by atoms with E-state index in [2.05, 4.69) is 62.6 Å². The SMILES string of the molecule is Cl.O=c1c2ccccc2nnn1CCCN1CCN(c2cccc3ccccc23)CC1. The summed E-state index contributed by atoms with van der Waals surface area (Å²) in [5.41, 5.74) is 1.93.